The molecular weight excluding hydrogens is 308 g/mol. The summed E-state index contributed by atoms with van der Waals surface area (Å²) in [5.41, 5.74) is 1.32. The summed E-state index contributed by atoms with van der Waals surface area (Å²) in [7, 11) is 0. The number of carbonyl (C=O) groups is 2. The first-order valence-corrected chi connectivity index (χ1v) is 7.83. The van der Waals surface area contributed by atoms with Crippen molar-refractivity contribution in [2.24, 2.45) is 5.92 Å². The zero-order valence-corrected chi connectivity index (χ0v) is 13.4. The summed E-state index contributed by atoms with van der Waals surface area (Å²) in [5, 5.41) is 0. The quantitative estimate of drug-likeness (QED) is 0.464. The highest BCUT2D eigenvalue weighted by molar-refractivity contribution is 6.08. The number of benzene rings is 2. The largest absolute Gasteiger partial charge is 0.465 e. The normalized spacial score (nSPS) is 13.4. The van der Waals surface area contributed by atoms with Gasteiger partial charge in [-0.2, -0.15) is 0 Å². The van der Waals surface area contributed by atoms with Crippen LogP contribution in [0.4, 0.5) is 0 Å². The molecule has 0 fully saturated rings. The average Bonchev–Trinajstić information content (AvgIpc) is 3.07. The summed E-state index contributed by atoms with van der Waals surface area (Å²) in [6, 6.07) is 14.2. The molecule has 0 N–H and O–H groups in total. The second-order valence-electron chi connectivity index (χ2n) is 5.43. The third-order valence-electron chi connectivity index (χ3n) is 3.82. The fourth-order valence-corrected chi connectivity index (χ4v) is 2.63. The number of carbonyl (C=O) groups excluding carboxylic acids is 2. The van der Waals surface area contributed by atoms with Gasteiger partial charge in [0.1, 0.15) is 5.92 Å². The van der Waals surface area contributed by atoms with Gasteiger partial charge in [0.05, 0.1) is 6.61 Å². The van der Waals surface area contributed by atoms with Gasteiger partial charge in [0.2, 0.25) is 6.79 Å². The van der Waals surface area contributed by atoms with Crippen LogP contribution in [0.25, 0.3) is 0 Å². The number of rotatable bonds is 6. The van der Waals surface area contributed by atoms with Gasteiger partial charge < -0.3 is 14.2 Å². The fraction of sp³-hybridized carbons (Fsp3) is 0.263. The molecule has 1 aliphatic heterocycles. The van der Waals surface area contributed by atoms with Gasteiger partial charge in [-0.15, -0.1) is 0 Å². The molecular formula is C19H18O5. The van der Waals surface area contributed by atoms with Crippen LogP contribution in [0.1, 0.15) is 22.8 Å². The minimum absolute atomic E-state index is 0.184. The Hall–Kier alpha value is -2.82. The maximum absolute atomic E-state index is 12.7. The number of Topliss-reactive ketones (excluding diaryl/α,β-unsaturated/α-hetero) is 1. The van der Waals surface area contributed by atoms with Crippen molar-refractivity contribution in [3.63, 3.8) is 0 Å². The van der Waals surface area contributed by atoms with E-state index in [2.05, 4.69) is 0 Å². The van der Waals surface area contributed by atoms with Crippen LogP contribution in [0.2, 0.25) is 0 Å². The lowest BCUT2D eigenvalue weighted by atomic mass is 9.91. The first-order valence-electron chi connectivity index (χ1n) is 7.83. The molecule has 0 saturated carbocycles. The van der Waals surface area contributed by atoms with E-state index in [1.165, 1.54) is 0 Å². The van der Waals surface area contributed by atoms with E-state index in [0.29, 0.717) is 17.1 Å². The molecule has 1 atom stereocenters. The van der Waals surface area contributed by atoms with E-state index in [1.807, 2.05) is 12.1 Å². The SMILES string of the molecule is CCOC(=O)C(Cc1ccc2c(c1)OCO2)C(=O)c1ccccc1. The Bertz CT molecular complexity index is 739. The number of ketones is 1. The molecule has 5 nitrogen and oxygen atoms in total. The van der Waals surface area contributed by atoms with Gasteiger partial charge in [0.25, 0.3) is 0 Å². The molecule has 24 heavy (non-hydrogen) atoms. The minimum Gasteiger partial charge on any atom is -0.465 e. The number of hydrogen-bond donors (Lipinski definition) is 0. The molecule has 5 heteroatoms. The van der Waals surface area contributed by atoms with E-state index in [-0.39, 0.29) is 25.6 Å². The summed E-state index contributed by atoms with van der Waals surface area (Å²) < 4.78 is 15.7. The Morgan fingerprint density at radius 1 is 1.08 bits per heavy atom. The van der Waals surface area contributed by atoms with Gasteiger partial charge in [-0.3, -0.25) is 9.59 Å². The van der Waals surface area contributed by atoms with Crippen molar-refractivity contribution >= 4 is 11.8 Å². The number of esters is 1. The molecule has 0 saturated heterocycles. The summed E-state index contributed by atoms with van der Waals surface area (Å²) in [5.74, 6) is -0.341. The number of hydrogen-bond acceptors (Lipinski definition) is 5. The Labute approximate surface area is 140 Å². The third-order valence-corrected chi connectivity index (χ3v) is 3.82. The molecule has 1 aliphatic rings. The lowest BCUT2D eigenvalue weighted by Crippen LogP contribution is -2.28. The second kappa shape index (κ2) is 7.17. The molecule has 0 aliphatic carbocycles. The molecule has 0 spiro atoms. The fourth-order valence-electron chi connectivity index (χ4n) is 2.63. The van der Waals surface area contributed by atoms with Crippen LogP contribution in [0.15, 0.2) is 48.5 Å². The summed E-state index contributed by atoms with van der Waals surface area (Å²) in [6.45, 7) is 2.14. The lowest BCUT2D eigenvalue weighted by Gasteiger charge is -2.15. The van der Waals surface area contributed by atoms with E-state index >= 15 is 0 Å². The first-order chi connectivity index (χ1) is 11.7. The van der Waals surface area contributed by atoms with Crippen LogP contribution in [-0.4, -0.2) is 25.2 Å². The van der Waals surface area contributed by atoms with E-state index < -0.39 is 11.9 Å². The molecule has 3 rings (SSSR count). The molecule has 124 valence electrons. The maximum atomic E-state index is 12.7. The smallest absolute Gasteiger partial charge is 0.317 e. The van der Waals surface area contributed by atoms with Crippen molar-refractivity contribution in [3.05, 3.63) is 59.7 Å². The van der Waals surface area contributed by atoms with Gasteiger partial charge >= 0.3 is 5.97 Å². The molecule has 2 aromatic rings. The van der Waals surface area contributed by atoms with Crippen molar-refractivity contribution in [1.29, 1.82) is 0 Å². The Morgan fingerprint density at radius 2 is 1.83 bits per heavy atom. The van der Waals surface area contributed by atoms with E-state index in [4.69, 9.17) is 14.2 Å². The van der Waals surface area contributed by atoms with Gasteiger partial charge in [-0.1, -0.05) is 36.4 Å². The van der Waals surface area contributed by atoms with Crippen molar-refractivity contribution in [2.45, 2.75) is 13.3 Å². The van der Waals surface area contributed by atoms with Crippen LogP contribution >= 0.6 is 0 Å². The Balaban J connectivity index is 1.85. The van der Waals surface area contributed by atoms with Crippen LogP contribution in [0.5, 0.6) is 11.5 Å². The third kappa shape index (κ3) is 3.40. The minimum atomic E-state index is -0.882. The lowest BCUT2D eigenvalue weighted by molar-refractivity contribution is -0.146. The monoisotopic (exact) mass is 326 g/mol. The van der Waals surface area contributed by atoms with Crippen LogP contribution < -0.4 is 9.47 Å². The van der Waals surface area contributed by atoms with Gasteiger partial charge in [0, 0.05) is 5.56 Å². The van der Waals surface area contributed by atoms with E-state index in [1.54, 1.807) is 43.3 Å². The maximum Gasteiger partial charge on any atom is 0.317 e. The molecule has 0 radical (unpaired) electrons. The van der Waals surface area contributed by atoms with Crippen molar-refractivity contribution < 1.29 is 23.8 Å². The highest BCUT2D eigenvalue weighted by Gasteiger charge is 2.29. The molecule has 1 unspecified atom stereocenters. The van der Waals surface area contributed by atoms with E-state index in [9.17, 15) is 9.59 Å². The Kier molecular flexibility index (Phi) is 4.79. The van der Waals surface area contributed by atoms with Crippen LogP contribution in [0, 0.1) is 5.92 Å². The van der Waals surface area contributed by atoms with Crippen LogP contribution in [-0.2, 0) is 16.0 Å². The summed E-state index contributed by atoms with van der Waals surface area (Å²) in [6.07, 6.45) is 0.253. The van der Waals surface area contributed by atoms with Crippen LogP contribution in [0.3, 0.4) is 0 Å². The predicted molar refractivity (Wildman–Crippen MR) is 87.2 cm³/mol. The Morgan fingerprint density at radius 3 is 2.58 bits per heavy atom. The highest BCUT2D eigenvalue weighted by Crippen LogP contribution is 2.33. The highest BCUT2D eigenvalue weighted by atomic mass is 16.7. The summed E-state index contributed by atoms with van der Waals surface area (Å²) in [4.78, 5) is 25.0. The van der Waals surface area contributed by atoms with Crippen molar-refractivity contribution in [3.8, 4) is 11.5 Å². The second-order valence-corrected chi connectivity index (χ2v) is 5.43. The average molecular weight is 326 g/mol. The van der Waals surface area contributed by atoms with Gasteiger partial charge in [-0.05, 0) is 31.0 Å². The summed E-state index contributed by atoms with van der Waals surface area (Å²) >= 11 is 0. The van der Waals surface area contributed by atoms with Gasteiger partial charge in [0.15, 0.2) is 17.3 Å². The zero-order chi connectivity index (χ0) is 16.9. The van der Waals surface area contributed by atoms with Crippen molar-refractivity contribution in [2.75, 3.05) is 13.4 Å². The van der Waals surface area contributed by atoms with Crippen molar-refractivity contribution in [1.82, 2.24) is 0 Å². The molecule has 0 bridgehead atoms. The number of fused-ring (bicyclic) bond motifs is 1. The van der Waals surface area contributed by atoms with E-state index in [0.717, 1.165) is 5.56 Å². The first kappa shape index (κ1) is 16.1. The number of ether oxygens (including phenoxy) is 3. The molecule has 0 aromatic heterocycles. The topological polar surface area (TPSA) is 61.8 Å². The predicted octanol–water partition coefficient (Wildman–Crippen LogP) is 3.02. The molecule has 2 aromatic carbocycles. The standard InChI is InChI=1S/C19H18O5/c1-2-22-19(21)15(18(20)14-6-4-3-5-7-14)10-13-8-9-16-17(11-13)24-12-23-16/h3-9,11,15H,2,10,12H2,1H3. The molecule has 0 amide bonds. The van der Waals surface area contributed by atoms with Gasteiger partial charge in [-0.25, -0.2) is 0 Å². The molecule has 1 heterocycles. The zero-order valence-electron chi connectivity index (χ0n) is 13.4.